The summed E-state index contributed by atoms with van der Waals surface area (Å²) in [6, 6.07) is 3.12. The van der Waals surface area contributed by atoms with Crippen LogP contribution in [0.1, 0.15) is 29.1 Å². The normalized spacial score (nSPS) is 11.9. The van der Waals surface area contributed by atoms with Crippen molar-refractivity contribution in [3.05, 3.63) is 42.1 Å². The van der Waals surface area contributed by atoms with Gasteiger partial charge in [-0.3, -0.25) is 4.79 Å². The van der Waals surface area contributed by atoms with Crippen LogP contribution in [-0.4, -0.2) is 28.0 Å². The Morgan fingerprint density at radius 3 is 2.83 bits per heavy atom. The highest BCUT2D eigenvalue weighted by Gasteiger charge is 2.13. The average molecular weight is 246 g/mol. The molecule has 0 saturated heterocycles. The van der Waals surface area contributed by atoms with Crippen LogP contribution < -0.4 is 10.1 Å². The smallest absolute Gasteiger partial charge is 0.253 e. The third kappa shape index (κ3) is 2.65. The molecule has 0 saturated carbocycles. The number of H-pyrrole nitrogens is 1. The summed E-state index contributed by atoms with van der Waals surface area (Å²) in [6.07, 6.45) is 4.84. The Labute approximate surface area is 104 Å². The number of aromatic nitrogens is 3. The van der Waals surface area contributed by atoms with E-state index in [0.717, 1.165) is 0 Å². The number of nitrogens with zero attached hydrogens (tertiary/aromatic N) is 2. The van der Waals surface area contributed by atoms with Gasteiger partial charge in [0, 0.05) is 24.7 Å². The van der Waals surface area contributed by atoms with E-state index >= 15 is 0 Å². The van der Waals surface area contributed by atoms with E-state index in [1.807, 2.05) is 6.92 Å². The lowest BCUT2D eigenvalue weighted by Crippen LogP contribution is -2.27. The number of rotatable bonds is 4. The first-order chi connectivity index (χ1) is 8.70. The van der Waals surface area contributed by atoms with Crippen LogP contribution >= 0.6 is 0 Å². The number of ether oxygens (including phenoxy) is 1. The zero-order chi connectivity index (χ0) is 13.0. The lowest BCUT2D eigenvalue weighted by atomic mass is 10.2. The van der Waals surface area contributed by atoms with Crippen LogP contribution in [0.4, 0.5) is 0 Å². The van der Waals surface area contributed by atoms with E-state index in [0.29, 0.717) is 17.3 Å². The van der Waals surface area contributed by atoms with Crippen molar-refractivity contribution in [3.8, 4) is 5.88 Å². The molecule has 0 bridgehead atoms. The second-order valence-electron chi connectivity index (χ2n) is 3.76. The van der Waals surface area contributed by atoms with Crippen molar-refractivity contribution >= 4 is 5.91 Å². The zero-order valence-electron chi connectivity index (χ0n) is 10.2. The van der Waals surface area contributed by atoms with E-state index in [4.69, 9.17) is 4.74 Å². The third-order valence-corrected chi connectivity index (χ3v) is 2.48. The standard InChI is InChI=1S/C12H14N4O2/c1-8(11-13-5-6-14-11)16-12(17)9-3-4-10(18-2)15-7-9/h3-8H,1-2H3,(H,13,14)(H,16,17). The van der Waals surface area contributed by atoms with Crippen LogP contribution in [-0.2, 0) is 0 Å². The second kappa shape index (κ2) is 5.31. The Kier molecular flexibility index (Phi) is 3.57. The fourth-order valence-electron chi connectivity index (χ4n) is 1.50. The summed E-state index contributed by atoms with van der Waals surface area (Å²) < 4.78 is 4.93. The summed E-state index contributed by atoms with van der Waals surface area (Å²) in [4.78, 5) is 22.9. The quantitative estimate of drug-likeness (QED) is 0.852. The SMILES string of the molecule is COc1ccc(C(=O)NC(C)c2ncc[nH]2)cn1. The number of amides is 1. The van der Waals surface area contributed by atoms with Gasteiger partial charge in [-0.1, -0.05) is 0 Å². The lowest BCUT2D eigenvalue weighted by Gasteiger charge is -2.11. The minimum Gasteiger partial charge on any atom is -0.481 e. The topological polar surface area (TPSA) is 79.9 Å². The van der Waals surface area contributed by atoms with E-state index in [9.17, 15) is 4.79 Å². The summed E-state index contributed by atoms with van der Waals surface area (Å²) in [6.45, 7) is 1.85. The van der Waals surface area contributed by atoms with Crippen molar-refractivity contribution in [2.45, 2.75) is 13.0 Å². The molecule has 0 fully saturated rings. The maximum absolute atomic E-state index is 11.9. The van der Waals surface area contributed by atoms with E-state index in [-0.39, 0.29) is 11.9 Å². The molecule has 6 nitrogen and oxygen atoms in total. The molecule has 1 amide bonds. The lowest BCUT2D eigenvalue weighted by molar-refractivity contribution is 0.0938. The Morgan fingerprint density at radius 2 is 2.28 bits per heavy atom. The van der Waals surface area contributed by atoms with Crippen LogP contribution in [0.15, 0.2) is 30.7 Å². The van der Waals surface area contributed by atoms with Crippen molar-refractivity contribution in [1.82, 2.24) is 20.3 Å². The minimum atomic E-state index is -0.200. The molecule has 0 spiro atoms. The summed E-state index contributed by atoms with van der Waals surface area (Å²) in [5, 5.41) is 2.82. The van der Waals surface area contributed by atoms with E-state index < -0.39 is 0 Å². The van der Waals surface area contributed by atoms with Crippen molar-refractivity contribution in [3.63, 3.8) is 0 Å². The maximum Gasteiger partial charge on any atom is 0.253 e. The van der Waals surface area contributed by atoms with Crippen LogP contribution in [0.2, 0.25) is 0 Å². The summed E-state index contributed by atoms with van der Waals surface area (Å²) in [5.41, 5.74) is 0.481. The average Bonchev–Trinajstić information content (AvgIpc) is 2.92. The number of carbonyl (C=O) groups excluding carboxylic acids is 1. The Hall–Kier alpha value is -2.37. The molecule has 2 aromatic heterocycles. The third-order valence-electron chi connectivity index (χ3n) is 2.48. The molecule has 0 radical (unpaired) electrons. The van der Waals surface area contributed by atoms with Gasteiger partial charge in [0.15, 0.2) is 0 Å². The van der Waals surface area contributed by atoms with Gasteiger partial charge < -0.3 is 15.0 Å². The maximum atomic E-state index is 11.9. The Bertz CT molecular complexity index is 507. The number of aromatic amines is 1. The number of nitrogens with one attached hydrogen (secondary N) is 2. The summed E-state index contributed by atoms with van der Waals surface area (Å²) >= 11 is 0. The van der Waals surface area contributed by atoms with Gasteiger partial charge in [0.25, 0.3) is 5.91 Å². The number of imidazole rings is 1. The molecule has 1 unspecified atom stereocenters. The summed E-state index contributed by atoms with van der Waals surface area (Å²) in [5.74, 6) is 0.990. The molecule has 18 heavy (non-hydrogen) atoms. The number of carbonyl (C=O) groups is 1. The van der Waals surface area contributed by atoms with Gasteiger partial charge in [-0.25, -0.2) is 9.97 Å². The molecular weight excluding hydrogens is 232 g/mol. The van der Waals surface area contributed by atoms with Crippen LogP contribution in [0.5, 0.6) is 5.88 Å². The van der Waals surface area contributed by atoms with Crippen LogP contribution in [0, 0.1) is 0 Å². The molecule has 6 heteroatoms. The first kappa shape index (κ1) is 12.1. The monoisotopic (exact) mass is 246 g/mol. The van der Waals surface area contributed by atoms with Crippen LogP contribution in [0.25, 0.3) is 0 Å². The highest BCUT2D eigenvalue weighted by atomic mass is 16.5. The van der Waals surface area contributed by atoms with Crippen molar-refractivity contribution in [2.75, 3.05) is 7.11 Å². The van der Waals surface area contributed by atoms with Gasteiger partial charge in [0.1, 0.15) is 5.82 Å². The van der Waals surface area contributed by atoms with E-state index in [1.54, 1.807) is 24.5 Å². The molecule has 0 aliphatic rings. The molecular formula is C12H14N4O2. The van der Waals surface area contributed by atoms with Crippen LogP contribution in [0.3, 0.4) is 0 Å². The van der Waals surface area contributed by atoms with Gasteiger partial charge in [-0.2, -0.15) is 0 Å². The molecule has 0 aliphatic heterocycles. The van der Waals surface area contributed by atoms with Crippen molar-refractivity contribution in [2.24, 2.45) is 0 Å². The Balaban J connectivity index is 2.03. The fraction of sp³-hybridized carbons (Fsp3) is 0.250. The van der Waals surface area contributed by atoms with Gasteiger partial charge in [0.2, 0.25) is 5.88 Å². The van der Waals surface area contributed by atoms with Gasteiger partial charge in [-0.15, -0.1) is 0 Å². The van der Waals surface area contributed by atoms with E-state index in [1.165, 1.54) is 13.3 Å². The molecule has 0 aliphatic carbocycles. The van der Waals surface area contributed by atoms with Gasteiger partial charge in [-0.05, 0) is 13.0 Å². The number of methoxy groups -OCH3 is 1. The van der Waals surface area contributed by atoms with Crippen molar-refractivity contribution < 1.29 is 9.53 Å². The van der Waals surface area contributed by atoms with Gasteiger partial charge in [0.05, 0.1) is 18.7 Å². The molecule has 1 atom stereocenters. The Morgan fingerprint density at radius 1 is 1.44 bits per heavy atom. The highest BCUT2D eigenvalue weighted by molar-refractivity contribution is 5.94. The molecule has 2 N–H and O–H groups in total. The first-order valence-electron chi connectivity index (χ1n) is 5.51. The highest BCUT2D eigenvalue weighted by Crippen LogP contribution is 2.09. The van der Waals surface area contributed by atoms with Gasteiger partial charge >= 0.3 is 0 Å². The largest absolute Gasteiger partial charge is 0.481 e. The number of hydrogen-bond acceptors (Lipinski definition) is 4. The second-order valence-corrected chi connectivity index (χ2v) is 3.76. The predicted molar refractivity (Wildman–Crippen MR) is 65.3 cm³/mol. The predicted octanol–water partition coefficient (Wildman–Crippen LogP) is 1.30. The fourth-order valence-corrected chi connectivity index (χ4v) is 1.50. The first-order valence-corrected chi connectivity index (χ1v) is 5.51. The molecule has 94 valence electrons. The molecule has 2 aromatic rings. The number of pyridine rings is 1. The van der Waals surface area contributed by atoms with Crippen molar-refractivity contribution in [1.29, 1.82) is 0 Å². The minimum absolute atomic E-state index is 0.186. The molecule has 0 aromatic carbocycles. The molecule has 2 rings (SSSR count). The molecule has 2 heterocycles. The van der Waals surface area contributed by atoms with E-state index in [2.05, 4.69) is 20.3 Å². The summed E-state index contributed by atoms with van der Waals surface area (Å²) in [7, 11) is 1.53. The number of hydrogen-bond donors (Lipinski definition) is 2. The zero-order valence-corrected chi connectivity index (χ0v) is 10.2.